The zero-order valence-electron chi connectivity index (χ0n) is 14.6. The van der Waals surface area contributed by atoms with Crippen LogP contribution in [-0.4, -0.2) is 38.4 Å². The second kappa shape index (κ2) is 6.57. The molecule has 0 saturated heterocycles. The Morgan fingerprint density at radius 2 is 1.88 bits per heavy atom. The van der Waals surface area contributed by atoms with E-state index in [-0.39, 0.29) is 0 Å². The highest BCUT2D eigenvalue weighted by Gasteiger charge is 2.17. The molecule has 24 heavy (non-hydrogen) atoms. The Kier molecular flexibility index (Phi) is 4.49. The maximum Gasteiger partial charge on any atom is 0.163 e. The average Bonchev–Trinajstić information content (AvgIpc) is 2.86. The standard InChI is InChI=1S/C18H23N5O/c1-12-16-17(19-13(2)20-18(16)23(4)21-12)22(3)11-10-15(24)14-8-6-5-7-9-14/h5-9,15,24H,10-11H2,1-4H3/t15-/m0/s1. The van der Waals surface area contributed by atoms with Gasteiger partial charge in [0.05, 0.1) is 17.2 Å². The van der Waals surface area contributed by atoms with Gasteiger partial charge in [0, 0.05) is 20.6 Å². The van der Waals surface area contributed by atoms with Crippen LogP contribution in [-0.2, 0) is 7.05 Å². The summed E-state index contributed by atoms with van der Waals surface area (Å²) in [5.74, 6) is 1.58. The van der Waals surface area contributed by atoms with Crippen LogP contribution in [0.15, 0.2) is 30.3 Å². The summed E-state index contributed by atoms with van der Waals surface area (Å²) in [5.41, 5.74) is 2.69. The Balaban J connectivity index is 1.83. The summed E-state index contributed by atoms with van der Waals surface area (Å²) in [6.45, 7) is 4.55. The molecule has 0 aliphatic carbocycles. The zero-order chi connectivity index (χ0) is 17.3. The fraction of sp³-hybridized carbons (Fsp3) is 0.389. The van der Waals surface area contributed by atoms with Crippen LogP contribution in [0.5, 0.6) is 0 Å². The molecular weight excluding hydrogens is 302 g/mol. The van der Waals surface area contributed by atoms with Crippen LogP contribution in [0.25, 0.3) is 11.0 Å². The van der Waals surface area contributed by atoms with Crippen LogP contribution in [0.1, 0.15) is 29.6 Å². The van der Waals surface area contributed by atoms with E-state index >= 15 is 0 Å². The monoisotopic (exact) mass is 325 g/mol. The Bertz CT molecular complexity index is 843. The van der Waals surface area contributed by atoms with Gasteiger partial charge in [-0.05, 0) is 25.8 Å². The van der Waals surface area contributed by atoms with E-state index in [4.69, 9.17) is 0 Å². The van der Waals surface area contributed by atoms with Crippen LogP contribution >= 0.6 is 0 Å². The molecule has 0 saturated carbocycles. The lowest BCUT2D eigenvalue weighted by Gasteiger charge is -2.21. The molecule has 0 amide bonds. The normalized spacial score (nSPS) is 12.5. The molecule has 0 fully saturated rings. The third kappa shape index (κ3) is 3.10. The second-order valence-electron chi connectivity index (χ2n) is 6.14. The molecule has 1 atom stereocenters. The number of aliphatic hydroxyl groups is 1. The van der Waals surface area contributed by atoms with Crippen LogP contribution in [0, 0.1) is 13.8 Å². The molecule has 1 aromatic carbocycles. The number of aromatic nitrogens is 4. The Hall–Kier alpha value is -2.47. The van der Waals surface area contributed by atoms with Gasteiger partial charge in [0.15, 0.2) is 5.65 Å². The number of anilines is 1. The van der Waals surface area contributed by atoms with Crippen molar-refractivity contribution in [3.05, 3.63) is 47.4 Å². The van der Waals surface area contributed by atoms with Crippen molar-refractivity contribution in [3.8, 4) is 0 Å². The lowest BCUT2D eigenvalue weighted by atomic mass is 10.1. The number of rotatable bonds is 5. The lowest BCUT2D eigenvalue weighted by molar-refractivity contribution is 0.170. The van der Waals surface area contributed by atoms with Crippen molar-refractivity contribution in [1.82, 2.24) is 19.7 Å². The minimum atomic E-state index is -0.484. The van der Waals surface area contributed by atoms with Gasteiger partial charge in [0.1, 0.15) is 11.6 Å². The Labute approximate surface area is 141 Å². The summed E-state index contributed by atoms with van der Waals surface area (Å²) >= 11 is 0. The van der Waals surface area contributed by atoms with E-state index in [9.17, 15) is 5.11 Å². The van der Waals surface area contributed by atoms with E-state index in [1.807, 2.05) is 58.3 Å². The van der Waals surface area contributed by atoms with Gasteiger partial charge in [0.25, 0.3) is 0 Å². The first-order chi connectivity index (χ1) is 11.5. The number of aryl methyl sites for hydroxylation is 3. The predicted molar refractivity (Wildman–Crippen MR) is 95.1 cm³/mol. The highest BCUT2D eigenvalue weighted by Crippen LogP contribution is 2.27. The van der Waals surface area contributed by atoms with Gasteiger partial charge in [-0.2, -0.15) is 5.10 Å². The van der Waals surface area contributed by atoms with Crippen LogP contribution in [0.4, 0.5) is 5.82 Å². The molecule has 6 heteroatoms. The molecular formula is C18H23N5O. The van der Waals surface area contributed by atoms with E-state index in [1.54, 1.807) is 4.68 Å². The zero-order valence-corrected chi connectivity index (χ0v) is 14.6. The molecule has 0 unspecified atom stereocenters. The fourth-order valence-corrected chi connectivity index (χ4v) is 2.96. The highest BCUT2D eigenvalue weighted by atomic mass is 16.3. The molecule has 2 aromatic heterocycles. The van der Waals surface area contributed by atoms with Crippen LogP contribution in [0.3, 0.4) is 0 Å². The summed E-state index contributed by atoms with van der Waals surface area (Å²) in [7, 11) is 3.88. The highest BCUT2D eigenvalue weighted by molar-refractivity contribution is 5.89. The third-order valence-electron chi connectivity index (χ3n) is 4.23. The van der Waals surface area contributed by atoms with E-state index in [0.29, 0.717) is 13.0 Å². The molecule has 126 valence electrons. The maximum atomic E-state index is 10.4. The average molecular weight is 325 g/mol. The minimum Gasteiger partial charge on any atom is -0.388 e. The molecule has 0 aliphatic heterocycles. The third-order valence-corrected chi connectivity index (χ3v) is 4.23. The van der Waals surface area contributed by atoms with Crippen molar-refractivity contribution >= 4 is 16.9 Å². The minimum absolute atomic E-state index is 0.484. The summed E-state index contributed by atoms with van der Waals surface area (Å²) in [6.07, 6.45) is 0.145. The van der Waals surface area contributed by atoms with Crippen molar-refractivity contribution in [3.63, 3.8) is 0 Å². The molecule has 3 aromatic rings. The van der Waals surface area contributed by atoms with E-state index in [0.717, 1.165) is 33.9 Å². The Morgan fingerprint density at radius 1 is 1.17 bits per heavy atom. The molecule has 2 heterocycles. The molecule has 1 N–H and O–H groups in total. The van der Waals surface area contributed by atoms with Crippen molar-refractivity contribution < 1.29 is 5.11 Å². The molecule has 0 aliphatic rings. The van der Waals surface area contributed by atoms with Gasteiger partial charge in [-0.3, -0.25) is 4.68 Å². The first-order valence-electron chi connectivity index (χ1n) is 8.09. The number of hydrogen-bond acceptors (Lipinski definition) is 5. The maximum absolute atomic E-state index is 10.4. The Morgan fingerprint density at radius 3 is 2.58 bits per heavy atom. The van der Waals surface area contributed by atoms with Gasteiger partial charge < -0.3 is 10.0 Å². The summed E-state index contributed by atoms with van der Waals surface area (Å²) in [4.78, 5) is 11.2. The number of benzene rings is 1. The van der Waals surface area contributed by atoms with Gasteiger partial charge in [-0.15, -0.1) is 0 Å². The quantitative estimate of drug-likeness (QED) is 0.781. The van der Waals surface area contributed by atoms with E-state index in [1.165, 1.54) is 0 Å². The fourth-order valence-electron chi connectivity index (χ4n) is 2.96. The first kappa shape index (κ1) is 16.4. The largest absolute Gasteiger partial charge is 0.388 e. The molecule has 3 rings (SSSR count). The topological polar surface area (TPSA) is 67.1 Å². The lowest BCUT2D eigenvalue weighted by Crippen LogP contribution is -2.22. The number of nitrogens with zero attached hydrogens (tertiary/aromatic N) is 5. The van der Waals surface area contributed by atoms with Gasteiger partial charge in [0.2, 0.25) is 0 Å². The molecule has 6 nitrogen and oxygen atoms in total. The van der Waals surface area contributed by atoms with Crippen LogP contribution < -0.4 is 4.90 Å². The van der Waals surface area contributed by atoms with Crippen LogP contribution in [0.2, 0.25) is 0 Å². The van der Waals surface area contributed by atoms with E-state index in [2.05, 4.69) is 20.0 Å². The van der Waals surface area contributed by atoms with Crippen molar-refractivity contribution in [2.75, 3.05) is 18.5 Å². The summed E-state index contributed by atoms with van der Waals surface area (Å²) < 4.78 is 1.79. The van der Waals surface area contributed by atoms with Crippen molar-refractivity contribution in [2.45, 2.75) is 26.4 Å². The van der Waals surface area contributed by atoms with Crippen molar-refractivity contribution in [1.29, 1.82) is 0 Å². The van der Waals surface area contributed by atoms with Gasteiger partial charge in [-0.1, -0.05) is 30.3 Å². The number of aliphatic hydroxyl groups excluding tert-OH is 1. The summed E-state index contributed by atoms with van der Waals surface area (Å²) in [6, 6.07) is 9.73. The summed E-state index contributed by atoms with van der Waals surface area (Å²) in [5, 5.41) is 15.8. The van der Waals surface area contributed by atoms with Gasteiger partial charge >= 0.3 is 0 Å². The van der Waals surface area contributed by atoms with Crippen molar-refractivity contribution in [2.24, 2.45) is 7.05 Å². The molecule has 0 spiro atoms. The predicted octanol–water partition coefficient (Wildman–Crippen LogP) is 2.54. The second-order valence-corrected chi connectivity index (χ2v) is 6.14. The SMILES string of the molecule is Cc1nc(N(C)CC[C@H](O)c2ccccc2)c2c(C)nn(C)c2n1. The van der Waals surface area contributed by atoms with Gasteiger partial charge in [-0.25, -0.2) is 9.97 Å². The first-order valence-corrected chi connectivity index (χ1v) is 8.09. The molecule has 0 radical (unpaired) electrons. The molecule has 0 bridgehead atoms. The smallest absolute Gasteiger partial charge is 0.163 e. The van der Waals surface area contributed by atoms with E-state index < -0.39 is 6.10 Å². The number of fused-ring (bicyclic) bond motifs is 1. The number of hydrogen-bond donors (Lipinski definition) is 1.